The molecule has 2 aromatic carbocycles. The molecule has 2 heterocycles. The molecule has 1 aliphatic carbocycles. The van der Waals surface area contributed by atoms with E-state index in [4.69, 9.17) is 9.47 Å². The van der Waals surface area contributed by atoms with Crippen molar-refractivity contribution in [1.29, 1.82) is 0 Å². The summed E-state index contributed by atoms with van der Waals surface area (Å²) in [4.78, 5) is 16.2. The number of H-pyrrole nitrogens is 1. The van der Waals surface area contributed by atoms with E-state index in [1.165, 1.54) is 22.1 Å². The number of rotatable bonds is 5. The number of carbonyl (C=O) groups is 1. The first-order valence-corrected chi connectivity index (χ1v) is 10.4. The summed E-state index contributed by atoms with van der Waals surface area (Å²) in [6.45, 7) is 0.764. The molecule has 0 spiro atoms. The predicted molar refractivity (Wildman–Crippen MR) is 113 cm³/mol. The second kappa shape index (κ2) is 7.47. The lowest BCUT2D eigenvalue weighted by atomic mass is 9.91. The average Bonchev–Trinajstić information content (AvgIpc) is 3.36. The minimum atomic E-state index is 0.0538. The number of aromatic amines is 1. The van der Waals surface area contributed by atoms with Crippen molar-refractivity contribution in [2.75, 3.05) is 13.7 Å². The van der Waals surface area contributed by atoms with Crippen molar-refractivity contribution in [3.05, 3.63) is 58.8 Å². The highest BCUT2D eigenvalue weighted by Gasteiger charge is 2.25. The summed E-state index contributed by atoms with van der Waals surface area (Å²) in [5.41, 5.74) is 6.04. The lowest BCUT2D eigenvalue weighted by molar-refractivity contribution is -0.121. The highest BCUT2D eigenvalue weighted by molar-refractivity contribution is 5.87. The quantitative estimate of drug-likeness (QED) is 0.685. The molecule has 3 aromatic rings. The molecule has 1 aromatic heterocycles. The highest BCUT2D eigenvalue weighted by atomic mass is 16.5. The monoisotopic (exact) mass is 390 g/mol. The maximum absolute atomic E-state index is 12.7. The first-order chi connectivity index (χ1) is 14.2. The Bertz CT molecular complexity index is 1070. The van der Waals surface area contributed by atoms with Gasteiger partial charge in [-0.3, -0.25) is 4.79 Å². The Hall–Kier alpha value is -2.95. The summed E-state index contributed by atoms with van der Waals surface area (Å²) in [6.07, 6.45) is 5.30. The summed E-state index contributed by atoms with van der Waals surface area (Å²) in [7, 11) is 1.69. The van der Waals surface area contributed by atoms with E-state index in [9.17, 15) is 4.79 Å². The van der Waals surface area contributed by atoms with E-state index in [0.717, 1.165) is 61.4 Å². The number of fused-ring (bicyclic) bond motifs is 4. The Labute approximate surface area is 170 Å². The Kier molecular flexibility index (Phi) is 4.66. The number of benzene rings is 2. The lowest BCUT2D eigenvalue weighted by Gasteiger charge is -2.24. The molecule has 0 saturated heterocycles. The highest BCUT2D eigenvalue weighted by Crippen LogP contribution is 2.36. The van der Waals surface area contributed by atoms with Crippen molar-refractivity contribution in [3.8, 4) is 11.5 Å². The first-order valence-electron chi connectivity index (χ1n) is 10.4. The zero-order valence-corrected chi connectivity index (χ0v) is 16.7. The number of aromatic nitrogens is 1. The van der Waals surface area contributed by atoms with Crippen LogP contribution in [0.15, 0.2) is 36.4 Å². The first kappa shape index (κ1) is 18.1. The second-order valence-corrected chi connectivity index (χ2v) is 7.98. The third kappa shape index (κ3) is 3.46. The molecule has 29 heavy (non-hydrogen) atoms. The predicted octanol–water partition coefficient (Wildman–Crippen LogP) is 4.24. The van der Waals surface area contributed by atoms with E-state index in [-0.39, 0.29) is 11.9 Å². The van der Waals surface area contributed by atoms with Crippen LogP contribution in [0, 0.1) is 0 Å². The maximum atomic E-state index is 12.7. The number of hydrogen-bond acceptors (Lipinski definition) is 3. The van der Waals surface area contributed by atoms with Gasteiger partial charge in [0, 0.05) is 29.4 Å². The van der Waals surface area contributed by atoms with Crippen molar-refractivity contribution in [2.24, 2.45) is 0 Å². The van der Waals surface area contributed by atoms with Crippen molar-refractivity contribution in [2.45, 2.75) is 44.6 Å². The van der Waals surface area contributed by atoms with Crippen LogP contribution in [0.1, 0.15) is 47.7 Å². The summed E-state index contributed by atoms with van der Waals surface area (Å²) in [6, 6.07) is 12.5. The molecule has 0 unspecified atom stereocenters. The molecular formula is C24H26N2O3. The average molecular weight is 390 g/mol. The van der Waals surface area contributed by atoms with Gasteiger partial charge >= 0.3 is 0 Å². The molecule has 1 amide bonds. The molecule has 0 saturated carbocycles. The van der Waals surface area contributed by atoms with Gasteiger partial charge in [0.15, 0.2) is 0 Å². The number of nitrogens with one attached hydrogen (secondary N) is 2. The zero-order chi connectivity index (χ0) is 19.8. The summed E-state index contributed by atoms with van der Waals surface area (Å²) in [5.74, 6) is 1.96. The summed E-state index contributed by atoms with van der Waals surface area (Å²) < 4.78 is 10.9. The molecule has 1 atom stereocenters. The van der Waals surface area contributed by atoms with Crippen LogP contribution in [0.3, 0.4) is 0 Å². The molecule has 2 aliphatic rings. The molecule has 1 aliphatic heterocycles. The van der Waals surface area contributed by atoms with Crippen LogP contribution in [-0.2, 0) is 24.1 Å². The van der Waals surface area contributed by atoms with Crippen LogP contribution < -0.4 is 14.8 Å². The van der Waals surface area contributed by atoms with Crippen LogP contribution in [0.4, 0.5) is 0 Å². The smallest absolute Gasteiger partial charge is 0.220 e. The molecule has 5 rings (SSSR count). The molecule has 2 N–H and O–H groups in total. The van der Waals surface area contributed by atoms with Crippen LogP contribution in [0.2, 0.25) is 0 Å². The van der Waals surface area contributed by atoms with Gasteiger partial charge in [0.1, 0.15) is 11.5 Å². The maximum Gasteiger partial charge on any atom is 0.220 e. The SMILES string of the molecule is COc1ccc2[nH]c3c(c2c1)CCC[C@@H]3NC(=O)CCc1ccc2c(c1)CCO2. The fourth-order valence-electron chi connectivity index (χ4n) is 4.63. The van der Waals surface area contributed by atoms with Gasteiger partial charge in [-0.05, 0) is 66.6 Å². The largest absolute Gasteiger partial charge is 0.497 e. The molecule has 5 heteroatoms. The minimum Gasteiger partial charge on any atom is -0.497 e. The number of amides is 1. The van der Waals surface area contributed by atoms with Crippen LogP contribution in [0.5, 0.6) is 11.5 Å². The van der Waals surface area contributed by atoms with E-state index in [1.54, 1.807) is 7.11 Å². The molecule has 5 nitrogen and oxygen atoms in total. The van der Waals surface area contributed by atoms with Crippen LogP contribution >= 0.6 is 0 Å². The Morgan fingerprint density at radius 3 is 3.07 bits per heavy atom. The van der Waals surface area contributed by atoms with Gasteiger partial charge < -0.3 is 19.8 Å². The number of aryl methyl sites for hydroxylation is 2. The molecule has 150 valence electrons. The third-order valence-electron chi connectivity index (χ3n) is 6.14. The van der Waals surface area contributed by atoms with E-state index in [0.29, 0.717) is 6.42 Å². The van der Waals surface area contributed by atoms with Gasteiger partial charge in [-0.25, -0.2) is 0 Å². The summed E-state index contributed by atoms with van der Waals surface area (Å²) in [5, 5.41) is 4.47. The standard InChI is InChI=1S/C24H26N2O3/c1-28-17-7-8-20-19(14-17)18-3-2-4-21(24(18)26-20)25-23(27)10-6-15-5-9-22-16(13-15)11-12-29-22/h5,7-9,13-14,21,26H,2-4,6,10-12H2,1H3,(H,25,27)/t21-/m0/s1. The number of carbonyl (C=O) groups excluding carboxylic acids is 1. The van der Waals surface area contributed by atoms with Gasteiger partial charge in [0.05, 0.1) is 19.8 Å². The van der Waals surface area contributed by atoms with Gasteiger partial charge in [0.2, 0.25) is 5.91 Å². The van der Waals surface area contributed by atoms with Crippen molar-refractivity contribution in [3.63, 3.8) is 0 Å². The van der Waals surface area contributed by atoms with E-state index in [2.05, 4.69) is 34.6 Å². The van der Waals surface area contributed by atoms with E-state index >= 15 is 0 Å². The third-order valence-corrected chi connectivity index (χ3v) is 6.14. The lowest BCUT2D eigenvalue weighted by Crippen LogP contribution is -2.31. The summed E-state index contributed by atoms with van der Waals surface area (Å²) >= 11 is 0. The molecule has 0 fully saturated rings. The van der Waals surface area contributed by atoms with Gasteiger partial charge in [0.25, 0.3) is 0 Å². The van der Waals surface area contributed by atoms with Gasteiger partial charge in [-0.15, -0.1) is 0 Å². The van der Waals surface area contributed by atoms with E-state index < -0.39 is 0 Å². The number of methoxy groups -OCH3 is 1. The molecule has 0 bridgehead atoms. The van der Waals surface area contributed by atoms with E-state index in [1.807, 2.05) is 12.1 Å². The molecular weight excluding hydrogens is 364 g/mol. The Morgan fingerprint density at radius 2 is 2.17 bits per heavy atom. The van der Waals surface area contributed by atoms with Crippen molar-refractivity contribution >= 4 is 16.8 Å². The van der Waals surface area contributed by atoms with Crippen molar-refractivity contribution in [1.82, 2.24) is 10.3 Å². The van der Waals surface area contributed by atoms with Crippen LogP contribution in [0.25, 0.3) is 10.9 Å². The Balaban J connectivity index is 1.28. The Morgan fingerprint density at radius 1 is 1.24 bits per heavy atom. The van der Waals surface area contributed by atoms with Gasteiger partial charge in [-0.1, -0.05) is 12.1 Å². The fraction of sp³-hybridized carbons (Fsp3) is 0.375. The number of ether oxygens (including phenoxy) is 2. The minimum absolute atomic E-state index is 0.0538. The van der Waals surface area contributed by atoms with Crippen molar-refractivity contribution < 1.29 is 14.3 Å². The zero-order valence-electron chi connectivity index (χ0n) is 16.7. The fourth-order valence-corrected chi connectivity index (χ4v) is 4.63. The normalized spacial score (nSPS) is 17.5. The van der Waals surface area contributed by atoms with Crippen LogP contribution in [-0.4, -0.2) is 24.6 Å². The second-order valence-electron chi connectivity index (χ2n) is 7.98. The van der Waals surface area contributed by atoms with Gasteiger partial charge in [-0.2, -0.15) is 0 Å². The molecule has 0 radical (unpaired) electrons. The topological polar surface area (TPSA) is 63.3 Å². The number of hydrogen-bond donors (Lipinski definition) is 2.